The number of methoxy groups -OCH3 is 1. The Morgan fingerprint density at radius 3 is 2.82 bits per heavy atom. The Kier molecular flexibility index (Phi) is 6.86. The number of nitrogens with one attached hydrogen (secondary N) is 1. The second-order valence-corrected chi connectivity index (χ2v) is 4.39. The Balaban J connectivity index is 2.17. The predicted molar refractivity (Wildman–Crippen MR) is 69.9 cm³/mol. The van der Waals surface area contributed by atoms with Gasteiger partial charge in [0.05, 0.1) is 13.2 Å². The minimum Gasteiger partial charge on any atom is -0.382 e. The molecule has 0 aliphatic carbocycles. The molecule has 0 heterocycles. The third-order valence-corrected chi connectivity index (χ3v) is 2.62. The number of hydroxylamine groups is 1. The fourth-order valence-electron chi connectivity index (χ4n) is 1.64. The van der Waals surface area contributed by atoms with Crippen LogP contribution in [0.2, 0.25) is 0 Å². The van der Waals surface area contributed by atoms with Crippen molar-refractivity contribution in [2.75, 3.05) is 20.3 Å². The van der Waals surface area contributed by atoms with Gasteiger partial charge in [-0.2, -0.15) is 5.48 Å². The molecule has 0 amide bonds. The lowest BCUT2D eigenvalue weighted by molar-refractivity contribution is -0.00997. The molecule has 3 heteroatoms. The van der Waals surface area contributed by atoms with Gasteiger partial charge in [-0.3, -0.25) is 4.84 Å². The molecule has 1 N–H and O–H groups in total. The summed E-state index contributed by atoms with van der Waals surface area (Å²) in [7, 11) is 1.67. The molecular weight excluding hydrogens is 214 g/mol. The summed E-state index contributed by atoms with van der Waals surface area (Å²) in [6, 6.07) is 8.99. The maximum atomic E-state index is 5.27. The van der Waals surface area contributed by atoms with Gasteiger partial charge in [-0.1, -0.05) is 29.8 Å². The SMILES string of the molecule is COCCONC(C)CCc1cccc(C)c1. The first-order valence-corrected chi connectivity index (χ1v) is 6.14. The molecular formula is C14H23NO2. The molecule has 0 bridgehead atoms. The average molecular weight is 237 g/mol. The summed E-state index contributed by atoms with van der Waals surface area (Å²) >= 11 is 0. The van der Waals surface area contributed by atoms with Gasteiger partial charge in [0, 0.05) is 13.2 Å². The molecule has 1 aromatic rings. The monoisotopic (exact) mass is 237 g/mol. The highest BCUT2D eigenvalue weighted by Crippen LogP contribution is 2.07. The van der Waals surface area contributed by atoms with Crippen LogP contribution >= 0.6 is 0 Å². The molecule has 0 aliphatic rings. The van der Waals surface area contributed by atoms with Crippen LogP contribution in [-0.2, 0) is 16.0 Å². The van der Waals surface area contributed by atoms with Crippen molar-refractivity contribution < 1.29 is 9.57 Å². The molecule has 1 unspecified atom stereocenters. The Bertz CT molecular complexity index is 315. The number of ether oxygens (including phenoxy) is 1. The largest absolute Gasteiger partial charge is 0.382 e. The van der Waals surface area contributed by atoms with Gasteiger partial charge < -0.3 is 4.74 Å². The Labute approximate surface area is 104 Å². The number of aryl methyl sites for hydroxylation is 2. The molecule has 0 saturated carbocycles. The van der Waals surface area contributed by atoms with Crippen LogP contribution in [-0.4, -0.2) is 26.4 Å². The summed E-state index contributed by atoms with van der Waals surface area (Å²) in [5.41, 5.74) is 5.73. The predicted octanol–water partition coefficient (Wildman–Crippen LogP) is 2.48. The van der Waals surface area contributed by atoms with Crippen LogP contribution in [0.4, 0.5) is 0 Å². The third-order valence-electron chi connectivity index (χ3n) is 2.62. The number of benzene rings is 1. The lowest BCUT2D eigenvalue weighted by atomic mass is 10.0. The molecule has 0 aromatic heterocycles. The van der Waals surface area contributed by atoms with Gasteiger partial charge in [0.15, 0.2) is 0 Å². The highest BCUT2D eigenvalue weighted by atomic mass is 16.7. The van der Waals surface area contributed by atoms with E-state index in [4.69, 9.17) is 9.57 Å². The maximum Gasteiger partial charge on any atom is 0.0915 e. The van der Waals surface area contributed by atoms with Crippen LogP contribution in [0.5, 0.6) is 0 Å². The Morgan fingerprint density at radius 2 is 2.12 bits per heavy atom. The topological polar surface area (TPSA) is 30.5 Å². The second kappa shape index (κ2) is 8.23. The summed E-state index contributed by atoms with van der Waals surface area (Å²) in [6.07, 6.45) is 2.14. The summed E-state index contributed by atoms with van der Waals surface area (Å²) in [5, 5.41) is 0. The minimum absolute atomic E-state index is 0.354. The highest BCUT2D eigenvalue weighted by Gasteiger charge is 2.02. The molecule has 1 atom stereocenters. The molecule has 0 radical (unpaired) electrons. The van der Waals surface area contributed by atoms with E-state index in [0.29, 0.717) is 19.3 Å². The van der Waals surface area contributed by atoms with E-state index in [1.165, 1.54) is 11.1 Å². The standard InChI is InChI=1S/C14H23NO2/c1-12-5-4-6-14(11-12)8-7-13(2)15-17-10-9-16-3/h4-6,11,13,15H,7-10H2,1-3H3. The van der Waals surface area contributed by atoms with Crippen molar-refractivity contribution in [1.82, 2.24) is 5.48 Å². The van der Waals surface area contributed by atoms with Crippen LogP contribution in [0.1, 0.15) is 24.5 Å². The fourth-order valence-corrected chi connectivity index (χ4v) is 1.64. The number of rotatable bonds is 8. The number of hydrogen-bond donors (Lipinski definition) is 1. The first-order chi connectivity index (χ1) is 8.22. The van der Waals surface area contributed by atoms with E-state index in [2.05, 4.69) is 43.6 Å². The van der Waals surface area contributed by atoms with Crippen LogP contribution in [0.3, 0.4) is 0 Å². The zero-order chi connectivity index (χ0) is 12.5. The van der Waals surface area contributed by atoms with Gasteiger partial charge in [-0.05, 0) is 32.3 Å². The van der Waals surface area contributed by atoms with Crippen molar-refractivity contribution >= 4 is 0 Å². The minimum atomic E-state index is 0.354. The zero-order valence-electron chi connectivity index (χ0n) is 11.0. The molecule has 0 fully saturated rings. The van der Waals surface area contributed by atoms with Crippen molar-refractivity contribution in [3.63, 3.8) is 0 Å². The highest BCUT2D eigenvalue weighted by molar-refractivity contribution is 5.22. The van der Waals surface area contributed by atoms with E-state index in [1.54, 1.807) is 7.11 Å². The summed E-state index contributed by atoms with van der Waals surface area (Å²) in [6.45, 7) is 5.46. The van der Waals surface area contributed by atoms with Crippen LogP contribution in [0, 0.1) is 6.92 Å². The zero-order valence-corrected chi connectivity index (χ0v) is 11.0. The average Bonchev–Trinajstić information content (AvgIpc) is 2.32. The molecule has 0 saturated heterocycles. The van der Waals surface area contributed by atoms with Gasteiger partial charge in [-0.25, -0.2) is 0 Å². The van der Waals surface area contributed by atoms with E-state index >= 15 is 0 Å². The van der Waals surface area contributed by atoms with Crippen molar-refractivity contribution in [3.8, 4) is 0 Å². The van der Waals surface area contributed by atoms with E-state index in [-0.39, 0.29) is 0 Å². The molecule has 0 aliphatic heterocycles. The lowest BCUT2D eigenvalue weighted by Crippen LogP contribution is -2.28. The molecule has 1 rings (SSSR count). The quantitative estimate of drug-likeness (QED) is 0.556. The fraction of sp³-hybridized carbons (Fsp3) is 0.571. The van der Waals surface area contributed by atoms with Crippen LogP contribution in [0.15, 0.2) is 24.3 Å². The Hall–Kier alpha value is -0.900. The van der Waals surface area contributed by atoms with E-state index in [1.807, 2.05) is 0 Å². The first kappa shape index (κ1) is 14.2. The van der Waals surface area contributed by atoms with Gasteiger partial charge in [-0.15, -0.1) is 0 Å². The van der Waals surface area contributed by atoms with Crippen LogP contribution in [0.25, 0.3) is 0 Å². The third kappa shape index (κ3) is 6.41. The molecule has 17 heavy (non-hydrogen) atoms. The Morgan fingerprint density at radius 1 is 1.29 bits per heavy atom. The molecule has 3 nitrogen and oxygen atoms in total. The van der Waals surface area contributed by atoms with Crippen LogP contribution < -0.4 is 5.48 Å². The van der Waals surface area contributed by atoms with E-state index < -0.39 is 0 Å². The summed E-state index contributed by atoms with van der Waals surface area (Å²) in [5.74, 6) is 0. The molecule has 96 valence electrons. The summed E-state index contributed by atoms with van der Waals surface area (Å²) in [4.78, 5) is 5.27. The van der Waals surface area contributed by atoms with Crippen molar-refractivity contribution in [1.29, 1.82) is 0 Å². The van der Waals surface area contributed by atoms with E-state index in [9.17, 15) is 0 Å². The van der Waals surface area contributed by atoms with Gasteiger partial charge in [0.1, 0.15) is 0 Å². The van der Waals surface area contributed by atoms with Crippen molar-refractivity contribution in [3.05, 3.63) is 35.4 Å². The summed E-state index contributed by atoms with van der Waals surface area (Å²) < 4.78 is 4.90. The van der Waals surface area contributed by atoms with E-state index in [0.717, 1.165) is 12.8 Å². The van der Waals surface area contributed by atoms with Gasteiger partial charge in [0.2, 0.25) is 0 Å². The maximum absolute atomic E-state index is 5.27. The van der Waals surface area contributed by atoms with Gasteiger partial charge in [0.25, 0.3) is 0 Å². The molecule has 0 spiro atoms. The first-order valence-electron chi connectivity index (χ1n) is 6.14. The smallest absolute Gasteiger partial charge is 0.0915 e. The van der Waals surface area contributed by atoms with Crippen molar-refractivity contribution in [2.45, 2.75) is 32.7 Å². The number of hydrogen-bond acceptors (Lipinski definition) is 3. The van der Waals surface area contributed by atoms with Crippen molar-refractivity contribution in [2.24, 2.45) is 0 Å². The normalized spacial score (nSPS) is 12.6. The second-order valence-electron chi connectivity index (χ2n) is 4.39. The van der Waals surface area contributed by atoms with Gasteiger partial charge >= 0.3 is 0 Å². The lowest BCUT2D eigenvalue weighted by Gasteiger charge is -2.13. The molecule has 1 aromatic carbocycles.